The fraction of sp³-hybridized carbons (Fsp3) is 0.125. The van der Waals surface area contributed by atoms with Crippen molar-refractivity contribution in [2.45, 2.75) is 6.92 Å². The lowest BCUT2D eigenvalue weighted by Crippen LogP contribution is -1.95. The van der Waals surface area contributed by atoms with Crippen molar-refractivity contribution in [2.24, 2.45) is 0 Å². The van der Waals surface area contributed by atoms with Crippen LogP contribution in [0.2, 0.25) is 0 Å². The Morgan fingerprint density at radius 1 is 1.20 bits per heavy atom. The molecule has 0 spiro atoms. The van der Waals surface area contributed by atoms with Crippen LogP contribution >= 0.6 is 32.9 Å². The van der Waals surface area contributed by atoms with Crippen LogP contribution in [0.15, 0.2) is 53.5 Å². The molecule has 106 valence electrons. The summed E-state index contributed by atoms with van der Waals surface area (Å²) < 4.78 is 6.42. The van der Waals surface area contributed by atoms with Crippen molar-refractivity contribution < 1.29 is 4.74 Å². The van der Waals surface area contributed by atoms with Crippen LogP contribution in [0.4, 0.5) is 5.69 Å². The van der Waals surface area contributed by atoms with Gasteiger partial charge in [0, 0.05) is 15.7 Å². The quantitative estimate of drug-likeness (QED) is 0.729. The largest absolute Gasteiger partial charge is 0.494 e. The van der Waals surface area contributed by atoms with Gasteiger partial charge >= 0.3 is 0 Å². The van der Waals surface area contributed by atoms with Crippen LogP contribution in [0.5, 0.6) is 5.75 Å². The molecule has 2 aromatic carbocycles. The SMILES string of the molecule is Br.C=C(c1ccc(OCC)cc1)c1cc(Br)ccc1N. The molecule has 0 saturated carbocycles. The van der Waals surface area contributed by atoms with E-state index in [-0.39, 0.29) is 17.0 Å². The molecule has 0 fully saturated rings. The normalized spacial score (nSPS) is 9.70. The first kappa shape index (κ1) is 16.8. The van der Waals surface area contributed by atoms with E-state index in [4.69, 9.17) is 10.5 Å². The predicted molar refractivity (Wildman–Crippen MR) is 94.6 cm³/mol. The van der Waals surface area contributed by atoms with Gasteiger partial charge in [0.05, 0.1) is 6.61 Å². The summed E-state index contributed by atoms with van der Waals surface area (Å²) in [6, 6.07) is 13.6. The molecule has 0 bridgehead atoms. The van der Waals surface area contributed by atoms with Crippen molar-refractivity contribution in [1.82, 2.24) is 0 Å². The second-order valence-electron chi connectivity index (χ2n) is 4.17. The lowest BCUT2D eigenvalue weighted by atomic mass is 9.98. The van der Waals surface area contributed by atoms with Gasteiger partial charge in [0.15, 0.2) is 0 Å². The Balaban J connectivity index is 0.00000200. The molecular formula is C16H17Br2NO. The first-order valence-corrected chi connectivity index (χ1v) is 6.88. The summed E-state index contributed by atoms with van der Waals surface area (Å²) in [5, 5.41) is 0. The standard InChI is InChI=1S/C16H16BrNO.BrH/c1-3-19-14-7-4-12(5-8-14)11(2)15-10-13(17)6-9-16(15)18;/h4-10H,2-3,18H2,1H3;1H. The highest BCUT2D eigenvalue weighted by atomic mass is 79.9. The third-order valence-electron chi connectivity index (χ3n) is 2.85. The molecule has 0 aliphatic heterocycles. The number of anilines is 1. The minimum Gasteiger partial charge on any atom is -0.494 e. The van der Waals surface area contributed by atoms with Crippen LogP contribution < -0.4 is 10.5 Å². The number of nitrogen functional groups attached to an aromatic ring is 1. The molecule has 0 unspecified atom stereocenters. The number of hydrogen-bond donors (Lipinski definition) is 1. The maximum atomic E-state index is 6.00. The van der Waals surface area contributed by atoms with Crippen molar-refractivity contribution in [2.75, 3.05) is 12.3 Å². The van der Waals surface area contributed by atoms with E-state index < -0.39 is 0 Å². The van der Waals surface area contributed by atoms with Gasteiger partial charge in [0.2, 0.25) is 0 Å². The van der Waals surface area contributed by atoms with E-state index in [0.717, 1.165) is 32.6 Å². The Labute approximate surface area is 138 Å². The topological polar surface area (TPSA) is 35.2 Å². The molecular weight excluding hydrogens is 382 g/mol. The molecule has 0 aromatic heterocycles. The Morgan fingerprint density at radius 3 is 2.45 bits per heavy atom. The van der Waals surface area contributed by atoms with Crippen LogP contribution in [0, 0.1) is 0 Å². The Bertz CT molecular complexity index is 594. The summed E-state index contributed by atoms with van der Waals surface area (Å²) in [4.78, 5) is 0. The molecule has 0 aliphatic rings. The molecule has 2 nitrogen and oxygen atoms in total. The summed E-state index contributed by atoms with van der Waals surface area (Å²) in [6.45, 7) is 6.76. The van der Waals surface area contributed by atoms with Gasteiger partial charge in [-0.05, 0) is 48.4 Å². The van der Waals surface area contributed by atoms with Gasteiger partial charge in [-0.25, -0.2) is 0 Å². The average Bonchev–Trinajstić information content (AvgIpc) is 2.42. The fourth-order valence-corrected chi connectivity index (χ4v) is 2.23. The van der Waals surface area contributed by atoms with Crippen molar-refractivity contribution >= 4 is 44.2 Å². The maximum Gasteiger partial charge on any atom is 0.119 e. The molecule has 0 amide bonds. The number of benzene rings is 2. The number of nitrogens with two attached hydrogens (primary N) is 1. The van der Waals surface area contributed by atoms with Crippen LogP contribution in [-0.4, -0.2) is 6.61 Å². The zero-order valence-electron chi connectivity index (χ0n) is 11.2. The molecule has 20 heavy (non-hydrogen) atoms. The monoisotopic (exact) mass is 397 g/mol. The zero-order valence-corrected chi connectivity index (χ0v) is 14.5. The average molecular weight is 399 g/mol. The summed E-state index contributed by atoms with van der Waals surface area (Å²) in [5.74, 6) is 0.862. The number of rotatable bonds is 4. The highest BCUT2D eigenvalue weighted by Crippen LogP contribution is 2.29. The second-order valence-corrected chi connectivity index (χ2v) is 5.08. The number of ether oxygens (including phenoxy) is 1. The van der Waals surface area contributed by atoms with E-state index in [9.17, 15) is 0 Å². The Hall–Kier alpha value is -1.26. The zero-order chi connectivity index (χ0) is 13.8. The third-order valence-corrected chi connectivity index (χ3v) is 3.35. The van der Waals surface area contributed by atoms with Gasteiger partial charge in [0.1, 0.15) is 5.75 Å². The highest BCUT2D eigenvalue weighted by molar-refractivity contribution is 9.10. The lowest BCUT2D eigenvalue weighted by Gasteiger charge is -2.11. The first-order chi connectivity index (χ1) is 9.11. The minimum absolute atomic E-state index is 0. The van der Waals surface area contributed by atoms with Gasteiger partial charge in [-0.15, -0.1) is 17.0 Å². The smallest absolute Gasteiger partial charge is 0.119 e. The number of hydrogen-bond acceptors (Lipinski definition) is 2. The summed E-state index contributed by atoms with van der Waals surface area (Å²) >= 11 is 3.45. The van der Waals surface area contributed by atoms with Gasteiger partial charge in [-0.2, -0.15) is 0 Å². The molecule has 2 rings (SSSR count). The van der Waals surface area contributed by atoms with Crippen molar-refractivity contribution in [3.63, 3.8) is 0 Å². The molecule has 2 N–H and O–H groups in total. The minimum atomic E-state index is 0. The molecule has 0 heterocycles. The molecule has 4 heteroatoms. The number of halogens is 2. The van der Waals surface area contributed by atoms with Gasteiger partial charge in [-0.3, -0.25) is 0 Å². The van der Waals surface area contributed by atoms with E-state index in [2.05, 4.69) is 22.5 Å². The summed E-state index contributed by atoms with van der Waals surface area (Å²) in [6.07, 6.45) is 0. The van der Waals surface area contributed by atoms with Crippen molar-refractivity contribution in [1.29, 1.82) is 0 Å². The van der Waals surface area contributed by atoms with E-state index in [1.807, 2.05) is 49.4 Å². The van der Waals surface area contributed by atoms with E-state index in [0.29, 0.717) is 6.61 Å². The van der Waals surface area contributed by atoms with Crippen LogP contribution in [0.3, 0.4) is 0 Å². The summed E-state index contributed by atoms with van der Waals surface area (Å²) in [7, 11) is 0. The molecule has 0 atom stereocenters. The fourth-order valence-electron chi connectivity index (χ4n) is 1.86. The lowest BCUT2D eigenvalue weighted by molar-refractivity contribution is 0.340. The van der Waals surface area contributed by atoms with Crippen molar-refractivity contribution in [3.05, 3.63) is 64.6 Å². The van der Waals surface area contributed by atoms with Gasteiger partial charge < -0.3 is 10.5 Å². The van der Waals surface area contributed by atoms with E-state index in [1.54, 1.807) is 0 Å². The maximum absolute atomic E-state index is 6.00. The molecule has 2 aromatic rings. The first-order valence-electron chi connectivity index (χ1n) is 6.09. The Morgan fingerprint density at radius 2 is 1.85 bits per heavy atom. The molecule has 0 aliphatic carbocycles. The van der Waals surface area contributed by atoms with E-state index in [1.165, 1.54) is 0 Å². The van der Waals surface area contributed by atoms with Crippen LogP contribution in [-0.2, 0) is 0 Å². The Kier molecular flexibility index (Phi) is 6.30. The third kappa shape index (κ3) is 3.87. The second kappa shape index (κ2) is 7.50. The van der Waals surface area contributed by atoms with Gasteiger partial charge in [-0.1, -0.05) is 34.6 Å². The predicted octanol–water partition coefficient (Wildman–Crippen LogP) is 5.07. The van der Waals surface area contributed by atoms with Gasteiger partial charge in [0.25, 0.3) is 0 Å². The molecule has 0 radical (unpaired) electrons. The van der Waals surface area contributed by atoms with Crippen molar-refractivity contribution in [3.8, 4) is 5.75 Å². The molecule has 0 saturated heterocycles. The van der Waals surface area contributed by atoms with Crippen LogP contribution in [0.1, 0.15) is 18.1 Å². The van der Waals surface area contributed by atoms with Crippen LogP contribution in [0.25, 0.3) is 5.57 Å². The van der Waals surface area contributed by atoms with E-state index >= 15 is 0 Å². The summed E-state index contributed by atoms with van der Waals surface area (Å²) in [5.41, 5.74) is 9.61. The highest BCUT2D eigenvalue weighted by Gasteiger charge is 2.07.